The molecule has 0 saturated carbocycles. The summed E-state index contributed by atoms with van der Waals surface area (Å²) >= 11 is 3.35. The van der Waals surface area contributed by atoms with Gasteiger partial charge in [0.25, 0.3) is 0 Å². The van der Waals surface area contributed by atoms with E-state index in [9.17, 15) is 8.42 Å². The van der Waals surface area contributed by atoms with Gasteiger partial charge in [-0.25, -0.2) is 8.42 Å². The largest absolute Gasteiger partial charge is 0.375 e. The summed E-state index contributed by atoms with van der Waals surface area (Å²) < 4.78 is 33.6. The number of hydrogen-bond donors (Lipinski definition) is 1. The predicted molar refractivity (Wildman–Crippen MR) is 85.4 cm³/mol. The highest BCUT2D eigenvalue weighted by molar-refractivity contribution is 9.10. The molecule has 0 amide bonds. The molecule has 0 aliphatic carbocycles. The SMILES string of the molecule is CCC1COC(C)CN1S(=O)(=O)c1ccc(CN)cc1Br. The lowest BCUT2D eigenvalue weighted by atomic mass is 10.2. The zero-order valence-corrected chi connectivity index (χ0v) is 14.7. The van der Waals surface area contributed by atoms with Gasteiger partial charge in [0.1, 0.15) is 0 Å². The van der Waals surface area contributed by atoms with Crippen molar-refractivity contribution >= 4 is 26.0 Å². The van der Waals surface area contributed by atoms with E-state index < -0.39 is 10.0 Å². The van der Waals surface area contributed by atoms with Crippen molar-refractivity contribution in [3.8, 4) is 0 Å². The van der Waals surface area contributed by atoms with Crippen LogP contribution in [0.5, 0.6) is 0 Å². The molecule has 0 aromatic heterocycles. The van der Waals surface area contributed by atoms with Crippen LogP contribution >= 0.6 is 15.9 Å². The predicted octanol–water partition coefficient (Wildman–Crippen LogP) is 2.10. The minimum atomic E-state index is -3.55. The minimum Gasteiger partial charge on any atom is -0.375 e. The number of sulfonamides is 1. The number of halogens is 1. The van der Waals surface area contributed by atoms with E-state index in [1.807, 2.05) is 13.8 Å². The quantitative estimate of drug-likeness (QED) is 0.872. The first-order chi connectivity index (χ1) is 9.90. The number of hydrogen-bond acceptors (Lipinski definition) is 4. The maximum absolute atomic E-state index is 12.9. The van der Waals surface area contributed by atoms with E-state index in [4.69, 9.17) is 10.5 Å². The summed E-state index contributed by atoms with van der Waals surface area (Å²) in [5.41, 5.74) is 6.48. The lowest BCUT2D eigenvalue weighted by Crippen LogP contribution is -2.51. The van der Waals surface area contributed by atoms with Gasteiger partial charge >= 0.3 is 0 Å². The number of benzene rings is 1. The fraction of sp³-hybridized carbons (Fsp3) is 0.571. The van der Waals surface area contributed by atoms with Gasteiger partial charge in [-0.1, -0.05) is 13.0 Å². The highest BCUT2D eigenvalue weighted by Crippen LogP contribution is 2.29. The zero-order chi connectivity index (χ0) is 15.6. The molecule has 1 aliphatic heterocycles. The van der Waals surface area contributed by atoms with E-state index in [0.717, 1.165) is 12.0 Å². The molecule has 7 heteroatoms. The molecule has 1 aliphatic rings. The summed E-state index contributed by atoms with van der Waals surface area (Å²) in [5, 5.41) is 0. The fourth-order valence-corrected chi connectivity index (χ4v) is 5.28. The normalized spacial score (nSPS) is 24.2. The van der Waals surface area contributed by atoms with Crippen molar-refractivity contribution in [3.63, 3.8) is 0 Å². The van der Waals surface area contributed by atoms with E-state index in [2.05, 4.69) is 15.9 Å². The summed E-state index contributed by atoms with van der Waals surface area (Å²) in [4.78, 5) is 0.284. The molecule has 1 aromatic rings. The molecule has 0 spiro atoms. The Morgan fingerprint density at radius 3 is 2.76 bits per heavy atom. The molecular formula is C14H21BrN2O3S. The Bertz CT molecular complexity index is 606. The van der Waals surface area contributed by atoms with Gasteiger partial charge in [0, 0.05) is 23.6 Å². The van der Waals surface area contributed by atoms with Crippen LogP contribution in [0.1, 0.15) is 25.8 Å². The van der Waals surface area contributed by atoms with Gasteiger partial charge < -0.3 is 10.5 Å². The summed E-state index contributed by atoms with van der Waals surface area (Å²) in [5.74, 6) is 0. The average molecular weight is 377 g/mol. The highest BCUT2D eigenvalue weighted by Gasteiger charge is 2.36. The Morgan fingerprint density at radius 1 is 1.48 bits per heavy atom. The van der Waals surface area contributed by atoms with Crippen LogP contribution in [-0.4, -0.2) is 38.0 Å². The van der Waals surface area contributed by atoms with E-state index in [1.165, 1.54) is 0 Å². The second kappa shape index (κ2) is 6.75. The van der Waals surface area contributed by atoms with Crippen molar-refractivity contribution in [1.29, 1.82) is 0 Å². The first kappa shape index (κ1) is 16.9. The molecule has 1 heterocycles. The van der Waals surface area contributed by atoms with Gasteiger partial charge in [0.15, 0.2) is 0 Å². The van der Waals surface area contributed by atoms with Crippen LogP contribution in [0.2, 0.25) is 0 Å². The number of ether oxygens (including phenoxy) is 1. The summed E-state index contributed by atoms with van der Waals surface area (Å²) in [6, 6.07) is 5.02. The molecule has 118 valence electrons. The summed E-state index contributed by atoms with van der Waals surface area (Å²) in [6.07, 6.45) is 0.634. The monoisotopic (exact) mass is 376 g/mol. The lowest BCUT2D eigenvalue weighted by Gasteiger charge is -2.37. The van der Waals surface area contributed by atoms with Crippen molar-refractivity contribution in [2.45, 2.75) is 43.9 Å². The standard InChI is InChI=1S/C14H21BrN2O3S/c1-3-12-9-20-10(2)8-17(12)21(18,19)14-5-4-11(7-16)6-13(14)15/h4-6,10,12H,3,7-9,16H2,1-2H3. The van der Waals surface area contributed by atoms with E-state index >= 15 is 0 Å². The molecular weight excluding hydrogens is 356 g/mol. The van der Waals surface area contributed by atoms with Crippen molar-refractivity contribution in [3.05, 3.63) is 28.2 Å². The molecule has 1 aromatic carbocycles. The van der Waals surface area contributed by atoms with Crippen LogP contribution < -0.4 is 5.73 Å². The Kier molecular flexibility index (Phi) is 5.43. The van der Waals surface area contributed by atoms with E-state index in [0.29, 0.717) is 24.2 Å². The van der Waals surface area contributed by atoms with Gasteiger partial charge in [-0.3, -0.25) is 0 Å². The third-order valence-electron chi connectivity index (χ3n) is 3.71. The Hall–Kier alpha value is -0.470. The van der Waals surface area contributed by atoms with Gasteiger partial charge in [-0.05, 0) is 47.0 Å². The first-order valence-corrected chi connectivity index (χ1v) is 9.25. The summed E-state index contributed by atoms with van der Waals surface area (Å²) in [7, 11) is -3.55. The Labute approximate surface area is 134 Å². The molecule has 1 fully saturated rings. The second-order valence-electron chi connectivity index (χ2n) is 5.25. The van der Waals surface area contributed by atoms with Crippen LogP contribution in [0.15, 0.2) is 27.6 Å². The zero-order valence-electron chi connectivity index (χ0n) is 12.3. The van der Waals surface area contributed by atoms with E-state index in [1.54, 1.807) is 22.5 Å². The number of rotatable bonds is 4. The fourth-order valence-electron chi connectivity index (χ4n) is 2.44. The molecule has 0 radical (unpaired) electrons. The maximum atomic E-state index is 12.9. The van der Waals surface area contributed by atoms with Crippen molar-refractivity contribution in [1.82, 2.24) is 4.31 Å². The van der Waals surface area contributed by atoms with E-state index in [-0.39, 0.29) is 17.0 Å². The van der Waals surface area contributed by atoms with Gasteiger partial charge in [0.2, 0.25) is 10.0 Å². The molecule has 5 nitrogen and oxygen atoms in total. The Balaban J connectivity index is 2.40. The third-order valence-corrected chi connectivity index (χ3v) is 6.60. The minimum absolute atomic E-state index is 0.0929. The summed E-state index contributed by atoms with van der Waals surface area (Å²) in [6.45, 7) is 5.06. The molecule has 2 unspecified atom stereocenters. The molecule has 21 heavy (non-hydrogen) atoms. The average Bonchev–Trinajstić information content (AvgIpc) is 2.46. The van der Waals surface area contributed by atoms with Crippen LogP contribution in [0.4, 0.5) is 0 Å². The van der Waals surface area contributed by atoms with Crippen molar-refractivity contribution in [2.75, 3.05) is 13.2 Å². The molecule has 2 rings (SSSR count). The van der Waals surface area contributed by atoms with Crippen LogP contribution in [0.3, 0.4) is 0 Å². The van der Waals surface area contributed by atoms with Crippen molar-refractivity contribution < 1.29 is 13.2 Å². The van der Waals surface area contributed by atoms with Crippen LogP contribution in [0, 0.1) is 0 Å². The molecule has 2 atom stereocenters. The lowest BCUT2D eigenvalue weighted by molar-refractivity contribution is -0.0230. The number of nitrogens with two attached hydrogens (primary N) is 1. The number of nitrogens with zero attached hydrogens (tertiary/aromatic N) is 1. The molecule has 2 N–H and O–H groups in total. The highest BCUT2D eigenvalue weighted by atomic mass is 79.9. The van der Waals surface area contributed by atoms with Crippen molar-refractivity contribution in [2.24, 2.45) is 5.73 Å². The van der Waals surface area contributed by atoms with Crippen LogP contribution in [-0.2, 0) is 21.3 Å². The topological polar surface area (TPSA) is 72.6 Å². The number of morpholine rings is 1. The molecule has 0 bridgehead atoms. The second-order valence-corrected chi connectivity index (χ2v) is 7.96. The first-order valence-electron chi connectivity index (χ1n) is 7.02. The van der Waals surface area contributed by atoms with Crippen LogP contribution in [0.25, 0.3) is 0 Å². The van der Waals surface area contributed by atoms with Gasteiger partial charge in [-0.15, -0.1) is 0 Å². The van der Waals surface area contributed by atoms with Gasteiger partial charge in [0.05, 0.1) is 17.6 Å². The smallest absolute Gasteiger partial charge is 0.244 e. The van der Waals surface area contributed by atoms with Gasteiger partial charge in [-0.2, -0.15) is 4.31 Å². The third kappa shape index (κ3) is 3.48. The molecule has 1 saturated heterocycles. The Morgan fingerprint density at radius 2 is 2.19 bits per heavy atom. The maximum Gasteiger partial charge on any atom is 0.244 e.